The lowest BCUT2D eigenvalue weighted by atomic mass is 9.77. The van der Waals surface area contributed by atoms with Gasteiger partial charge in [0.15, 0.2) is 0 Å². The number of hydrogen-bond donors (Lipinski definition) is 2. The topological polar surface area (TPSA) is 32.3 Å². The second-order valence-electron chi connectivity index (χ2n) is 5.78. The first-order valence-electron chi connectivity index (χ1n) is 6.60. The average Bonchev–Trinajstić information content (AvgIpc) is 3.06. The Kier molecular flexibility index (Phi) is 3.68. The summed E-state index contributed by atoms with van der Waals surface area (Å²) in [5.41, 5.74) is 0.0708. The maximum atomic E-state index is 9.55. The average molecular weight is 211 g/mol. The molecule has 2 saturated carbocycles. The second-order valence-corrected chi connectivity index (χ2v) is 5.78. The van der Waals surface area contributed by atoms with Crippen molar-refractivity contribution < 1.29 is 5.11 Å². The van der Waals surface area contributed by atoms with Gasteiger partial charge in [0.25, 0.3) is 0 Å². The summed E-state index contributed by atoms with van der Waals surface area (Å²) in [5, 5.41) is 13.2. The number of aliphatic hydroxyl groups excluding tert-OH is 1. The van der Waals surface area contributed by atoms with Gasteiger partial charge in [-0.3, -0.25) is 0 Å². The lowest BCUT2D eigenvalue weighted by Crippen LogP contribution is -2.51. The zero-order chi connectivity index (χ0) is 10.7. The van der Waals surface area contributed by atoms with Gasteiger partial charge >= 0.3 is 0 Å². The van der Waals surface area contributed by atoms with Crippen LogP contribution in [0.1, 0.15) is 51.9 Å². The molecule has 2 aliphatic carbocycles. The van der Waals surface area contributed by atoms with Crippen molar-refractivity contribution in [2.75, 3.05) is 13.2 Å². The third kappa shape index (κ3) is 3.18. The highest BCUT2D eigenvalue weighted by Gasteiger charge is 2.33. The smallest absolute Gasteiger partial charge is 0.0613 e. The Morgan fingerprint density at radius 1 is 1.20 bits per heavy atom. The van der Waals surface area contributed by atoms with Crippen molar-refractivity contribution in [1.29, 1.82) is 0 Å². The second kappa shape index (κ2) is 4.84. The molecule has 2 fully saturated rings. The van der Waals surface area contributed by atoms with Crippen LogP contribution in [-0.2, 0) is 0 Å². The molecule has 0 bridgehead atoms. The molecule has 0 atom stereocenters. The summed E-state index contributed by atoms with van der Waals surface area (Å²) >= 11 is 0. The molecule has 0 aromatic carbocycles. The van der Waals surface area contributed by atoms with Crippen LogP contribution in [-0.4, -0.2) is 23.8 Å². The molecular weight excluding hydrogens is 186 g/mol. The Bertz CT molecular complexity index is 193. The minimum atomic E-state index is 0.0708. The molecular formula is C13H25NO. The van der Waals surface area contributed by atoms with Gasteiger partial charge in [-0.1, -0.05) is 19.8 Å². The fourth-order valence-corrected chi connectivity index (χ4v) is 2.65. The van der Waals surface area contributed by atoms with Gasteiger partial charge in [0.1, 0.15) is 0 Å². The van der Waals surface area contributed by atoms with Crippen LogP contribution in [0.5, 0.6) is 0 Å². The predicted molar refractivity (Wildman–Crippen MR) is 62.8 cm³/mol. The molecule has 88 valence electrons. The Morgan fingerprint density at radius 2 is 1.87 bits per heavy atom. The van der Waals surface area contributed by atoms with E-state index in [1.54, 1.807) is 0 Å². The molecule has 0 amide bonds. The van der Waals surface area contributed by atoms with Crippen molar-refractivity contribution in [1.82, 2.24) is 5.32 Å². The van der Waals surface area contributed by atoms with Crippen LogP contribution in [0.2, 0.25) is 0 Å². The fourth-order valence-electron chi connectivity index (χ4n) is 2.65. The van der Waals surface area contributed by atoms with Gasteiger partial charge in [0, 0.05) is 5.54 Å². The maximum absolute atomic E-state index is 9.55. The number of aliphatic hydroxyl groups is 1. The zero-order valence-electron chi connectivity index (χ0n) is 9.97. The summed E-state index contributed by atoms with van der Waals surface area (Å²) in [5.74, 6) is 1.85. The summed E-state index contributed by atoms with van der Waals surface area (Å²) in [6.07, 6.45) is 9.06. The molecule has 15 heavy (non-hydrogen) atoms. The van der Waals surface area contributed by atoms with E-state index in [9.17, 15) is 5.11 Å². The van der Waals surface area contributed by atoms with Gasteiger partial charge in [-0.2, -0.15) is 0 Å². The van der Waals surface area contributed by atoms with Gasteiger partial charge in [-0.15, -0.1) is 0 Å². The van der Waals surface area contributed by atoms with Gasteiger partial charge in [0.2, 0.25) is 0 Å². The summed E-state index contributed by atoms with van der Waals surface area (Å²) in [4.78, 5) is 0. The first-order valence-corrected chi connectivity index (χ1v) is 6.60. The normalized spacial score (nSPS) is 36.8. The van der Waals surface area contributed by atoms with E-state index in [1.807, 2.05) is 0 Å². The quantitative estimate of drug-likeness (QED) is 0.731. The molecule has 0 aromatic rings. The molecule has 2 heteroatoms. The van der Waals surface area contributed by atoms with Gasteiger partial charge in [-0.25, -0.2) is 0 Å². The van der Waals surface area contributed by atoms with Crippen molar-refractivity contribution in [2.24, 2.45) is 11.8 Å². The third-order valence-electron chi connectivity index (χ3n) is 4.28. The molecule has 0 spiro atoms. The maximum Gasteiger partial charge on any atom is 0.0613 e. The molecule has 0 unspecified atom stereocenters. The van der Waals surface area contributed by atoms with E-state index in [0.29, 0.717) is 6.61 Å². The van der Waals surface area contributed by atoms with Crippen LogP contribution in [0.25, 0.3) is 0 Å². The molecule has 0 saturated heterocycles. The summed E-state index contributed by atoms with van der Waals surface area (Å²) < 4.78 is 0. The minimum absolute atomic E-state index is 0.0708. The van der Waals surface area contributed by atoms with E-state index in [4.69, 9.17) is 0 Å². The lowest BCUT2D eigenvalue weighted by Gasteiger charge is -2.39. The van der Waals surface area contributed by atoms with Crippen LogP contribution in [0.3, 0.4) is 0 Å². The SMILES string of the molecule is CC1CCC(CO)(NCCC2CC2)CC1. The molecule has 0 aromatic heterocycles. The van der Waals surface area contributed by atoms with Gasteiger partial charge < -0.3 is 10.4 Å². The molecule has 0 heterocycles. The minimum Gasteiger partial charge on any atom is -0.394 e. The summed E-state index contributed by atoms with van der Waals surface area (Å²) in [6, 6.07) is 0. The molecule has 2 N–H and O–H groups in total. The highest BCUT2D eigenvalue weighted by atomic mass is 16.3. The van der Waals surface area contributed by atoms with Gasteiger partial charge in [-0.05, 0) is 50.5 Å². The third-order valence-corrected chi connectivity index (χ3v) is 4.28. The van der Waals surface area contributed by atoms with Crippen molar-refractivity contribution >= 4 is 0 Å². The number of nitrogens with one attached hydrogen (secondary N) is 1. The van der Waals surface area contributed by atoms with E-state index in [-0.39, 0.29) is 5.54 Å². The molecule has 2 aliphatic rings. The highest BCUT2D eigenvalue weighted by molar-refractivity contribution is 4.92. The highest BCUT2D eigenvalue weighted by Crippen LogP contribution is 2.34. The molecule has 0 radical (unpaired) electrons. The van der Waals surface area contributed by atoms with Crippen LogP contribution in [0.4, 0.5) is 0 Å². The van der Waals surface area contributed by atoms with E-state index in [0.717, 1.165) is 31.2 Å². The van der Waals surface area contributed by atoms with E-state index in [2.05, 4.69) is 12.2 Å². The first-order chi connectivity index (χ1) is 7.24. The standard InChI is InChI=1S/C13H25NO/c1-11-4-7-13(10-15,8-5-11)14-9-6-12-2-3-12/h11-12,14-15H,2-10H2,1H3. The summed E-state index contributed by atoms with van der Waals surface area (Å²) in [7, 11) is 0. The summed E-state index contributed by atoms with van der Waals surface area (Å²) in [6.45, 7) is 3.76. The van der Waals surface area contributed by atoms with Crippen molar-refractivity contribution in [3.63, 3.8) is 0 Å². The predicted octanol–water partition coefficient (Wildman–Crippen LogP) is 2.32. The van der Waals surface area contributed by atoms with Crippen LogP contribution < -0.4 is 5.32 Å². The molecule has 2 nitrogen and oxygen atoms in total. The Hall–Kier alpha value is -0.0800. The van der Waals surface area contributed by atoms with Crippen molar-refractivity contribution in [3.05, 3.63) is 0 Å². The largest absolute Gasteiger partial charge is 0.394 e. The zero-order valence-corrected chi connectivity index (χ0v) is 9.97. The molecule has 2 rings (SSSR count). The lowest BCUT2D eigenvalue weighted by molar-refractivity contribution is 0.105. The van der Waals surface area contributed by atoms with E-state index >= 15 is 0 Å². The van der Waals surface area contributed by atoms with Crippen LogP contribution in [0.15, 0.2) is 0 Å². The molecule has 0 aliphatic heterocycles. The Balaban J connectivity index is 1.73. The monoisotopic (exact) mass is 211 g/mol. The Morgan fingerprint density at radius 3 is 2.40 bits per heavy atom. The van der Waals surface area contributed by atoms with Gasteiger partial charge in [0.05, 0.1) is 6.61 Å². The van der Waals surface area contributed by atoms with E-state index in [1.165, 1.54) is 32.1 Å². The number of hydrogen-bond acceptors (Lipinski definition) is 2. The van der Waals surface area contributed by atoms with E-state index < -0.39 is 0 Å². The first kappa shape index (κ1) is 11.4. The van der Waals surface area contributed by atoms with Crippen LogP contribution >= 0.6 is 0 Å². The van der Waals surface area contributed by atoms with Crippen LogP contribution in [0, 0.1) is 11.8 Å². The number of rotatable bonds is 5. The van der Waals surface area contributed by atoms with Crippen molar-refractivity contribution in [2.45, 2.75) is 57.4 Å². The van der Waals surface area contributed by atoms with Crippen molar-refractivity contribution in [3.8, 4) is 0 Å². The Labute approximate surface area is 93.5 Å². The fraction of sp³-hybridized carbons (Fsp3) is 1.00.